The number of aliphatic hydroxyl groups excluding tert-OH is 1. The van der Waals surface area contributed by atoms with E-state index < -0.39 is 23.0 Å². The summed E-state index contributed by atoms with van der Waals surface area (Å²) in [5, 5.41) is 9.78. The van der Waals surface area contributed by atoms with Crippen LogP contribution in [0, 0.1) is 18.8 Å². The molecule has 2 amide bonds. The van der Waals surface area contributed by atoms with Gasteiger partial charge >= 0.3 is 0 Å². The van der Waals surface area contributed by atoms with Gasteiger partial charge in [0.15, 0.2) is 0 Å². The van der Waals surface area contributed by atoms with Crippen LogP contribution >= 0.6 is 15.9 Å². The molecule has 4 atom stereocenters. The number of halogens is 1. The van der Waals surface area contributed by atoms with Crippen molar-refractivity contribution in [3.63, 3.8) is 0 Å². The Morgan fingerprint density at radius 1 is 1.26 bits per heavy atom. The number of carbonyl (C=O) groups excluding carboxylic acids is 2. The maximum absolute atomic E-state index is 13.0. The first-order valence-electron chi connectivity index (χ1n) is 7.48. The van der Waals surface area contributed by atoms with E-state index in [0.717, 1.165) is 10.0 Å². The summed E-state index contributed by atoms with van der Waals surface area (Å²) in [5.74, 6) is -1.84. The van der Waals surface area contributed by atoms with Gasteiger partial charge < -0.3 is 9.84 Å². The molecule has 3 aliphatic rings. The van der Waals surface area contributed by atoms with E-state index in [2.05, 4.69) is 15.9 Å². The van der Waals surface area contributed by atoms with Crippen LogP contribution in [0.1, 0.15) is 12.5 Å². The lowest BCUT2D eigenvalue weighted by Gasteiger charge is -2.27. The average Bonchev–Trinajstić information content (AvgIpc) is 3.09. The van der Waals surface area contributed by atoms with Crippen LogP contribution in [0.15, 0.2) is 34.8 Å². The maximum atomic E-state index is 13.0. The molecule has 1 N–H and O–H groups in total. The summed E-state index contributed by atoms with van der Waals surface area (Å²) in [6.45, 7) is 3.42. The van der Waals surface area contributed by atoms with Gasteiger partial charge in [-0.2, -0.15) is 0 Å². The summed E-state index contributed by atoms with van der Waals surface area (Å²) in [6, 6.07) is 5.40. The predicted molar refractivity (Wildman–Crippen MR) is 86.8 cm³/mol. The first-order valence-corrected chi connectivity index (χ1v) is 8.28. The van der Waals surface area contributed by atoms with E-state index in [1.165, 1.54) is 4.90 Å². The number of anilines is 1. The molecule has 0 spiro atoms. The third-order valence-corrected chi connectivity index (χ3v) is 6.07. The van der Waals surface area contributed by atoms with Gasteiger partial charge in [-0.15, -0.1) is 0 Å². The highest BCUT2D eigenvalue weighted by Gasteiger charge is 2.72. The largest absolute Gasteiger partial charge is 0.393 e. The van der Waals surface area contributed by atoms with Crippen LogP contribution < -0.4 is 4.90 Å². The average molecular weight is 378 g/mol. The van der Waals surface area contributed by atoms with Crippen LogP contribution in [0.3, 0.4) is 0 Å². The molecular weight excluding hydrogens is 362 g/mol. The number of nitrogens with zero attached hydrogens (tertiary/aromatic N) is 1. The summed E-state index contributed by atoms with van der Waals surface area (Å²) in [5.41, 5.74) is -0.348. The maximum Gasteiger partial charge on any atom is 0.241 e. The fourth-order valence-corrected chi connectivity index (χ4v) is 4.38. The van der Waals surface area contributed by atoms with Crippen LogP contribution in [-0.2, 0) is 14.3 Å². The second kappa shape index (κ2) is 4.53. The van der Waals surface area contributed by atoms with Crippen molar-refractivity contribution < 1.29 is 19.4 Å². The summed E-state index contributed by atoms with van der Waals surface area (Å²) in [7, 11) is 0. The van der Waals surface area contributed by atoms with Gasteiger partial charge in [-0.1, -0.05) is 34.1 Å². The van der Waals surface area contributed by atoms with Crippen molar-refractivity contribution in [2.75, 3.05) is 11.5 Å². The van der Waals surface area contributed by atoms with Gasteiger partial charge in [-0.25, -0.2) is 4.90 Å². The zero-order valence-corrected chi connectivity index (χ0v) is 14.3. The minimum absolute atomic E-state index is 0.266. The van der Waals surface area contributed by atoms with Crippen molar-refractivity contribution in [1.82, 2.24) is 0 Å². The molecule has 0 radical (unpaired) electrons. The SMILES string of the molecule is Cc1ccc(N2C(=O)[C@H]3[C@H](C2=O)[C@]2(C)C=C[C@]3(CO)O2)cc1Br. The van der Waals surface area contributed by atoms with E-state index in [4.69, 9.17) is 4.74 Å². The minimum atomic E-state index is -1.08. The number of amides is 2. The van der Waals surface area contributed by atoms with Crippen molar-refractivity contribution in [1.29, 1.82) is 0 Å². The third-order valence-electron chi connectivity index (χ3n) is 5.22. The lowest BCUT2D eigenvalue weighted by molar-refractivity contribution is -0.131. The molecule has 4 rings (SSSR count). The number of benzene rings is 1. The molecule has 1 aromatic carbocycles. The first-order chi connectivity index (χ1) is 10.8. The molecule has 2 saturated heterocycles. The molecule has 2 bridgehead atoms. The Labute approximate surface area is 142 Å². The van der Waals surface area contributed by atoms with Gasteiger partial charge in [0.1, 0.15) is 5.60 Å². The molecule has 0 unspecified atom stereocenters. The van der Waals surface area contributed by atoms with E-state index in [9.17, 15) is 14.7 Å². The van der Waals surface area contributed by atoms with Crippen LogP contribution in [0.2, 0.25) is 0 Å². The molecule has 120 valence electrons. The van der Waals surface area contributed by atoms with Crippen LogP contribution in [0.5, 0.6) is 0 Å². The van der Waals surface area contributed by atoms with Crippen LogP contribution in [0.4, 0.5) is 5.69 Å². The number of aliphatic hydroxyl groups is 1. The van der Waals surface area contributed by atoms with Crippen molar-refractivity contribution in [2.24, 2.45) is 11.8 Å². The standard InChI is InChI=1S/C17H16BrNO4/c1-9-3-4-10(7-11(9)18)19-14(21)12-13(15(19)22)17(8-20)6-5-16(12,2)23-17/h3-7,12-13,20H,8H2,1-2H3/t12-,13-,16+,17-/m1/s1. The number of hydrogen-bond donors (Lipinski definition) is 1. The summed E-state index contributed by atoms with van der Waals surface area (Å²) < 4.78 is 6.73. The van der Waals surface area contributed by atoms with E-state index in [-0.39, 0.29) is 18.4 Å². The second-order valence-corrected chi connectivity index (χ2v) is 7.49. The lowest BCUT2D eigenvalue weighted by atomic mass is 9.73. The zero-order valence-electron chi connectivity index (χ0n) is 12.7. The number of hydrogen-bond acceptors (Lipinski definition) is 4. The van der Waals surface area contributed by atoms with Gasteiger partial charge in [0.2, 0.25) is 11.8 Å². The Balaban J connectivity index is 1.81. The normalized spacial score (nSPS) is 37.8. The van der Waals surface area contributed by atoms with Crippen LogP contribution in [-0.4, -0.2) is 34.7 Å². The predicted octanol–water partition coefficient (Wildman–Crippen LogP) is 1.95. The molecule has 5 nitrogen and oxygen atoms in total. The highest BCUT2D eigenvalue weighted by atomic mass is 79.9. The Bertz CT molecular complexity index is 776. The number of aryl methyl sites for hydroxylation is 1. The summed E-state index contributed by atoms with van der Waals surface area (Å²) in [4.78, 5) is 27.1. The monoisotopic (exact) mass is 377 g/mol. The van der Waals surface area contributed by atoms with Gasteiger partial charge in [0.05, 0.1) is 29.7 Å². The second-order valence-electron chi connectivity index (χ2n) is 6.63. The fourth-order valence-electron chi connectivity index (χ4n) is 4.02. The molecule has 6 heteroatoms. The Morgan fingerprint density at radius 2 is 1.96 bits per heavy atom. The number of rotatable bonds is 2. The fraction of sp³-hybridized carbons (Fsp3) is 0.412. The van der Waals surface area contributed by atoms with Gasteiger partial charge in [0, 0.05) is 4.47 Å². The molecule has 0 aromatic heterocycles. The first kappa shape index (κ1) is 15.1. The Morgan fingerprint density at radius 3 is 2.61 bits per heavy atom. The quantitative estimate of drug-likeness (QED) is 0.631. The van der Waals surface area contributed by atoms with Crippen LogP contribution in [0.25, 0.3) is 0 Å². The van der Waals surface area contributed by atoms with Crippen molar-refractivity contribution in [3.05, 3.63) is 40.4 Å². The number of ether oxygens (including phenoxy) is 1. The molecule has 0 saturated carbocycles. The molecule has 3 aliphatic heterocycles. The summed E-state index contributed by atoms with van der Waals surface area (Å²) in [6.07, 6.45) is 3.53. The number of carbonyl (C=O) groups is 2. The molecule has 2 fully saturated rings. The smallest absolute Gasteiger partial charge is 0.241 e. The van der Waals surface area contributed by atoms with E-state index in [1.54, 1.807) is 31.2 Å². The Hall–Kier alpha value is -1.50. The number of fused-ring (bicyclic) bond motifs is 5. The van der Waals surface area contributed by atoms with Gasteiger partial charge in [0.25, 0.3) is 0 Å². The van der Waals surface area contributed by atoms with Crippen molar-refractivity contribution in [2.45, 2.75) is 25.0 Å². The van der Waals surface area contributed by atoms with Gasteiger partial charge in [-0.3, -0.25) is 9.59 Å². The molecular formula is C17H16BrNO4. The van der Waals surface area contributed by atoms with E-state index in [1.807, 2.05) is 13.0 Å². The highest BCUT2D eigenvalue weighted by molar-refractivity contribution is 9.10. The van der Waals surface area contributed by atoms with Crippen molar-refractivity contribution >= 4 is 33.4 Å². The van der Waals surface area contributed by atoms with E-state index in [0.29, 0.717) is 5.69 Å². The number of imide groups is 1. The minimum Gasteiger partial charge on any atom is -0.393 e. The molecule has 0 aliphatic carbocycles. The van der Waals surface area contributed by atoms with Gasteiger partial charge in [-0.05, 0) is 31.5 Å². The lowest BCUT2D eigenvalue weighted by Crippen LogP contribution is -2.43. The molecule has 23 heavy (non-hydrogen) atoms. The molecule has 3 heterocycles. The zero-order chi connectivity index (χ0) is 16.6. The topological polar surface area (TPSA) is 66.8 Å². The summed E-state index contributed by atoms with van der Waals surface area (Å²) >= 11 is 3.44. The highest BCUT2D eigenvalue weighted by Crippen LogP contribution is 2.57. The molecule has 1 aromatic rings. The third kappa shape index (κ3) is 1.74. The Kier molecular flexibility index (Phi) is 2.96. The van der Waals surface area contributed by atoms with E-state index >= 15 is 0 Å². The van der Waals surface area contributed by atoms with Crippen molar-refractivity contribution in [3.8, 4) is 0 Å².